The molecule has 1 heteroatoms. The van der Waals surface area contributed by atoms with Crippen LogP contribution in [0.2, 0.25) is 0 Å². The third-order valence-corrected chi connectivity index (χ3v) is 4.40. The summed E-state index contributed by atoms with van der Waals surface area (Å²) in [5, 5.41) is 10.5. The number of hydrogen-bond acceptors (Lipinski definition) is 1. The highest BCUT2D eigenvalue weighted by molar-refractivity contribution is 4.86. The van der Waals surface area contributed by atoms with Crippen LogP contribution in [0.1, 0.15) is 78.6 Å². The van der Waals surface area contributed by atoms with Crippen LogP contribution in [-0.4, -0.2) is 10.7 Å². The van der Waals surface area contributed by atoms with Crippen LogP contribution >= 0.6 is 0 Å². The Bertz CT molecular complexity index is 178. The highest BCUT2D eigenvalue weighted by Crippen LogP contribution is 2.38. The van der Waals surface area contributed by atoms with Gasteiger partial charge in [-0.3, -0.25) is 0 Å². The van der Waals surface area contributed by atoms with Crippen molar-refractivity contribution in [2.45, 2.75) is 84.2 Å². The maximum absolute atomic E-state index is 10.5. The van der Waals surface area contributed by atoms with E-state index in [1.165, 1.54) is 38.5 Å². The molecule has 1 N–H and O–H groups in total. The minimum absolute atomic E-state index is 0.306. The monoisotopic (exact) mass is 226 g/mol. The van der Waals surface area contributed by atoms with Gasteiger partial charge in [-0.2, -0.15) is 0 Å². The van der Waals surface area contributed by atoms with Gasteiger partial charge < -0.3 is 5.11 Å². The molecular weight excluding hydrogens is 196 g/mol. The lowest BCUT2D eigenvalue weighted by atomic mass is 9.73. The van der Waals surface area contributed by atoms with E-state index >= 15 is 0 Å². The molecule has 0 radical (unpaired) electrons. The molecule has 1 aliphatic carbocycles. The van der Waals surface area contributed by atoms with Gasteiger partial charge in [0, 0.05) is 0 Å². The van der Waals surface area contributed by atoms with Gasteiger partial charge in [-0.25, -0.2) is 0 Å². The zero-order valence-corrected chi connectivity index (χ0v) is 11.5. The Morgan fingerprint density at radius 3 is 2.25 bits per heavy atom. The van der Waals surface area contributed by atoms with Crippen LogP contribution in [0.25, 0.3) is 0 Å². The Morgan fingerprint density at radius 2 is 1.75 bits per heavy atom. The molecule has 1 nitrogen and oxygen atoms in total. The predicted octanol–water partition coefficient (Wildman–Crippen LogP) is 4.53. The van der Waals surface area contributed by atoms with Crippen molar-refractivity contribution in [3.63, 3.8) is 0 Å². The van der Waals surface area contributed by atoms with Crippen molar-refractivity contribution in [3.8, 4) is 0 Å². The summed E-state index contributed by atoms with van der Waals surface area (Å²) < 4.78 is 0. The lowest BCUT2D eigenvalue weighted by Crippen LogP contribution is -2.35. The fourth-order valence-corrected chi connectivity index (χ4v) is 2.97. The van der Waals surface area contributed by atoms with Gasteiger partial charge in [0.25, 0.3) is 0 Å². The standard InChI is InChI=1S/C15H30O/c1-4-5-6-7-10-15(16)11-8-14(9-12-15)13(2)3/h13-14,16H,4-12H2,1-3H3. The molecule has 0 spiro atoms. The minimum atomic E-state index is -0.306. The zero-order valence-electron chi connectivity index (χ0n) is 11.5. The van der Waals surface area contributed by atoms with Crippen LogP contribution in [0.5, 0.6) is 0 Å². The fourth-order valence-electron chi connectivity index (χ4n) is 2.97. The van der Waals surface area contributed by atoms with Gasteiger partial charge in [-0.1, -0.05) is 46.5 Å². The summed E-state index contributed by atoms with van der Waals surface area (Å²) in [7, 11) is 0. The fraction of sp³-hybridized carbons (Fsp3) is 1.00. The molecule has 16 heavy (non-hydrogen) atoms. The van der Waals surface area contributed by atoms with Crippen LogP contribution in [0.4, 0.5) is 0 Å². The summed E-state index contributed by atoms with van der Waals surface area (Å²) >= 11 is 0. The van der Waals surface area contributed by atoms with E-state index in [2.05, 4.69) is 20.8 Å². The maximum Gasteiger partial charge on any atom is 0.0648 e. The Hall–Kier alpha value is -0.0400. The zero-order chi connectivity index (χ0) is 12.0. The Labute approximate surface area is 102 Å². The Balaban J connectivity index is 2.21. The SMILES string of the molecule is CCCCCCC1(O)CCC(C(C)C)CC1. The van der Waals surface area contributed by atoms with E-state index in [0.29, 0.717) is 0 Å². The number of hydrogen-bond donors (Lipinski definition) is 1. The third-order valence-electron chi connectivity index (χ3n) is 4.40. The molecule has 0 aromatic rings. The quantitative estimate of drug-likeness (QED) is 0.660. The predicted molar refractivity (Wildman–Crippen MR) is 70.5 cm³/mol. The summed E-state index contributed by atoms with van der Waals surface area (Å²) in [5.41, 5.74) is -0.306. The van der Waals surface area contributed by atoms with Crippen LogP contribution < -0.4 is 0 Å². The molecule has 0 bridgehead atoms. The minimum Gasteiger partial charge on any atom is -0.390 e. The molecule has 1 aliphatic rings. The normalized spacial score (nSPS) is 30.9. The molecule has 96 valence electrons. The molecule has 0 aliphatic heterocycles. The first-order valence-electron chi connectivity index (χ1n) is 7.30. The molecule has 0 saturated heterocycles. The molecule has 0 unspecified atom stereocenters. The largest absolute Gasteiger partial charge is 0.390 e. The summed E-state index contributed by atoms with van der Waals surface area (Å²) in [6.07, 6.45) is 10.7. The summed E-state index contributed by atoms with van der Waals surface area (Å²) in [6, 6.07) is 0. The van der Waals surface area contributed by atoms with Gasteiger partial charge in [-0.15, -0.1) is 0 Å². The van der Waals surface area contributed by atoms with Gasteiger partial charge in [-0.05, 0) is 43.9 Å². The van der Waals surface area contributed by atoms with Crippen molar-refractivity contribution in [1.29, 1.82) is 0 Å². The molecule has 0 atom stereocenters. The second-order valence-electron chi connectivity index (χ2n) is 6.12. The van der Waals surface area contributed by atoms with Gasteiger partial charge in [0.05, 0.1) is 5.60 Å². The smallest absolute Gasteiger partial charge is 0.0648 e. The highest BCUT2D eigenvalue weighted by atomic mass is 16.3. The van der Waals surface area contributed by atoms with Crippen LogP contribution in [0.3, 0.4) is 0 Å². The Morgan fingerprint density at radius 1 is 1.12 bits per heavy atom. The van der Waals surface area contributed by atoms with E-state index in [4.69, 9.17) is 0 Å². The first-order valence-corrected chi connectivity index (χ1v) is 7.30. The maximum atomic E-state index is 10.5. The van der Waals surface area contributed by atoms with Crippen LogP contribution in [0.15, 0.2) is 0 Å². The first-order chi connectivity index (χ1) is 7.57. The molecular formula is C15H30O. The van der Waals surface area contributed by atoms with Crippen LogP contribution in [0, 0.1) is 11.8 Å². The molecule has 0 heterocycles. The van der Waals surface area contributed by atoms with Crippen LogP contribution in [-0.2, 0) is 0 Å². The second kappa shape index (κ2) is 6.64. The van der Waals surface area contributed by atoms with Gasteiger partial charge in [0.15, 0.2) is 0 Å². The highest BCUT2D eigenvalue weighted by Gasteiger charge is 2.33. The molecule has 1 rings (SSSR count). The van der Waals surface area contributed by atoms with Crippen molar-refractivity contribution in [3.05, 3.63) is 0 Å². The molecule has 0 amide bonds. The lowest BCUT2D eigenvalue weighted by molar-refractivity contribution is -0.0238. The number of rotatable bonds is 6. The first kappa shape index (κ1) is 14.0. The van der Waals surface area contributed by atoms with Crippen molar-refractivity contribution in [2.75, 3.05) is 0 Å². The van der Waals surface area contributed by atoms with E-state index in [-0.39, 0.29) is 5.60 Å². The number of aliphatic hydroxyl groups is 1. The van der Waals surface area contributed by atoms with E-state index in [1.54, 1.807) is 0 Å². The van der Waals surface area contributed by atoms with Crippen molar-refractivity contribution in [2.24, 2.45) is 11.8 Å². The average Bonchev–Trinajstić information content (AvgIpc) is 2.25. The summed E-state index contributed by atoms with van der Waals surface area (Å²) in [5.74, 6) is 1.65. The molecule has 0 aromatic heterocycles. The second-order valence-corrected chi connectivity index (χ2v) is 6.12. The average molecular weight is 226 g/mol. The molecule has 0 aromatic carbocycles. The third kappa shape index (κ3) is 4.45. The Kier molecular flexibility index (Phi) is 5.82. The van der Waals surface area contributed by atoms with Crippen molar-refractivity contribution >= 4 is 0 Å². The summed E-state index contributed by atoms with van der Waals surface area (Å²) in [6.45, 7) is 6.87. The number of unbranched alkanes of at least 4 members (excludes halogenated alkanes) is 3. The molecule has 1 fully saturated rings. The van der Waals surface area contributed by atoms with Gasteiger partial charge in [0.2, 0.25) is 0 Å². The van der Waals surface area contributed by atoms with Gasteiger partial charge >= 0.3 is 0 Å². The topological polar surface area (TPSA) is 20.2 Å². The molecule has 1 saturated carbocycles. The van der Waals surface area contributed by atoms with E-state index in [9.17, 15) is 5.11 Å². The van der Waals surface area contributed by atoms with E-state index in [0.717, 1.165) is 31.1 Å². The van der Waals surface area contributed by atoms with Crippen molar-refractivity contribution in [1.82, 2.24) is 0 Å². The van der Waals surface area contributed by atoms with E-state index < -0.39 is 0 Å². The van der Waals surface area contributed by atoms with Crippen molar-refractivity contribution < 1.29 is 5.11 Å². The van der Waals surface area contributed by atoms with E-state index in [1.807, 2.05) is 0 Å². The lowest BCUT2D eigenvalue weighted by Gasteiger charge is -2.37. The van der Waals surface area contributed by atoms with Gasteiger partial charge in [0.1, 0.15) is 0 Å². The summed E-state index contributed by atoms with van der Waals surface area (Å²) in [4.78, 5) is 0.